The number of thiophene rings is 1. The molecular formula is C22H18N2O5S. The van der Waals surface area contributed by atoms with Gasteiger partial charge in [0.15, 0.2) is 0 Å². The number of carboxylic acids is 1. The number of hydrogen-bond acceptors (Lipinski definition) is 6. The van der Waals surface area contributed by atoms with Crippen LogP contribution in [0.3, 0.4) is 0 Å². The fraction of sp³-hybridized carbons (Fsp3) is 0.136. The molecule has 0 aliphatic heterocycles. The number of carbonyl (C=O) groups is 2. The quantitative estimate of drug-likeness (QED) is 0.445. The van der Waals surface area contributed by atoms with E-state index in [9.17, 15) is 9.59 Å². The Kier molecular flexibility index (Phi) is 5.49. The SMILES string of the molecule is Cc1cc2c(OCCc3ccsc3)cc(C(=O)Nc3ccc(C(=O)O)cn3)cc2o1. The highest BCUT2D eigenvalue weighted by Crippen LogP contribution is 2.31. The Labute approximate surface area is 175 Å². The molecular weight excluding hydrogens is 404 g/mol. The minimum Gasteiger partial charge on any atom is -0.492 e. The summed E-state index contributed by atoms with van der Waals surface area (Å²) in [6, 6.07) is 10.1. The van der Waals surface area contributed by atoms with Crippen LogP contribution in [-0.4, -0.2) is 28.6 Å². The summed E-state index contributed by atoms with van der Waals surface area (Å²) in [5.74, 6) is 0.0585. The molecule has 0 unspecified atom stereocenters. The molecule has 0 fully saturated rings. The number of carbonyl (C=O) groups excluding carboxylic acids is 1. The number of hydrogen-bond donors (Lipinski definition) is 2. The number of fused-ring (bicyclic) bond motifs is 1. The molecule has 8 heteroatoms. The second-order valence-electron chi connectivity index (χ2n) is 6.66. The Morgan fingerprint density at radius 2 is 2.07 bits per heavy atom. The number of aromatic carboxylic acids is 1. The molecule has 0 bridgehead atoms. The van der Waals surface area contributed by atoms with Gasteiger partial charge in [0.05, 0.1) is 17.6 Å². The maximum atomic E-state index is 12.7. The molecule has 3 aromatic heterocycles. The summed E-state index contributed by atoms with van der Waals surface area (Å²) in [4.78, 5) is 27.6. The monoisotopic (exact) mass is 422 g/mol. The number of furan rings is 1. The average Bonchev–Trinajstić information content (AvgIpc) is 3.37. The van der Waals surface area contributed by atoms with Gasteiger partial charge in [0.2, 0.25) is 0 Å². The average molecular weight is 422 g/mol. The number of anilines is 1. The Bertz CT molecular complexity index is 1200. The molecule has 0 atom stereocenters. The number of aryl methyl sites for hydroxylation is 1. The second kappa shape index (κ2) is 8.38. The maximum absolute atomic E-state index is 12.7. The number of pyridine rings is 1. The number of ether oxygens (including phenoxy) is 1. The van der Waals surface area contributed by atoms with E-state index in [1.807, 2.05) is 18.4 Å². The third kappa shape index (κ3) is 4.33. The van der Waals surface area contributed by atoms with Crippen LogP contribution in [-0.2, 0) is 6.42 Å². The topological polar surface area (TPSA) is 102 Å². The third-order valence-electron chi connectivity index (χ3n) is 4.47. The largest absolute Gasteiger partial charge is 0.492 e. The van der Waals surface area contributed by atoms with E-state index in [1.54, 1.807) is 23.5 Å². The van der Waals surface area contributed by atoms with Crippen LogP contribution < -0.4 is 10.1 Å². The number of rotatable bonds is 7. The van der Waals surface area contributed by atoms with E-state index in [2.05, 4.69) is 21.7 Å². The standard InChI is InChI=1S/C22H18N2O5S/c1-13-8-17-18(28-6-4-14-5-7-30-12-14)9-16(10-19(17)29-13)21(25)24-20-3-2-15(11-23-20)22(26)27/h2-3,5,7-12H,4,6H2,1H3,(H,26,27)(H,23,24,25). The van der Waals surface area contributed by atoms with Gasteiger partial charge in [-0.3, -0.25) is 4.79 Å². The first-order chi connectivity index (χ1) is 14.5. The van der Waals surface area contributed by atoms with Gasteiger partial charge in [-0.25, -0.2) is 9.78 Å². The fourth-order valence-electron chi connectivity index (χ4n) is 2.98. The van der Waals surface area contributed by atoms with E-state index in [1.165, 1.54) is 23.9 Å². The zero-order valence-corrected chi connectivity index (χ0v) is 16.9. The van der Waals surface area contributed by atoms with Crippen LogP contribution in [0.2, 0.25) is 0 Å². The van der Waals surface area contributed by atoms with Crippen LogP contribution in [0.5, 0.6) is 5.75 Å². The van der Waals surface area contributed by atoms with Crippen LogP contribution >= 0.6 is 11.3 Å². The van der Waals surface area contributed by atoms with Crippen molar-refractivity contribution in [2.75, 3.05) is 11.9 Å². The van der Waals surface area contributed by atoms with E-state index < -0.39 is 11.9 Å². The number of amides is 1. The smallest absolute Gasteiger partial charge is 0.337 e. The van der Waals surface area contributed by atoms with Gasteiger partial charge in [-0.1, -0.05) is 0 Å². The molecule has 2 N–H and O–H groups in total. The van der Waals surface area contributed by atoms with Crippen molar-refractivity contribution in [3.8, 4) is 5.75 Å². The van der Waals surface area contributed by atoms with E-state index in [0.29, 0.717) is 23.5 Å². The van der Waals surface area contributed by atoms with Crippen molar-refractivity contribution in [2.45, 2.75) is 13.3 Å². The lowest BCUT2D eigenvalue weighted by Gasteiger charge is -2.10. The van der Waals surface area contributed by atoms with Gasteiger partial charge in [-0.05, 0) is 59.6 Å². The summed E-state index contributed by atoms with van der Waals surface area (Å²) in [5.41, 5.74) is 2.15. The summed E-state index contributed by atoms with van der Waals surface area (Å²) in [6.45, 7) is 2.31. The molecule has 152 valence electrons. The molecule has 0 saturated carbocycles. The van der Waals surface area contributed by atoms with Gasteiger partial charge in [-0.2, -0.15) is 11.3 Å². The molecule has 0 saturated heterocycles. The van der Waals surface area contributed by atoms with Gasteiger partial charge in [0, 0.05) is 18.2 Å². The normalized spacial score (nSPS) is 10.8. The van der Waals surface area contributed by atoms with Crippen molar-refractivity contribution < 1.29 is 23.8 Å². The minimum absolute atomic E-state index is 0.0433. The molecule has 0 aliphatic carbocycles. The highest BCUT2D eigenvalue weighted by Gasteiger charge is 2.15. The van der Waals surface area contributed by atoms with Crippen molar-refractivity contribution in [3.63, 3.8) is 0 Å². The van der Waals surface area contributed by atoms with E-state index in [4.69, 9.17) is 14.3 Å². The van der Waals surface area contributed by atoms with Crippen LogP contribution in [0.25, 0.3) is 11.0 Å². The molecule has 7 nitrogen and oxygen atoms in total. The maximum Gasteiger partial charge on any atom is 0.337 e. The lowest BCUT2D eigenvalue weighted by Crippen LogP contribution is -2.13. The first-order valence-corrected chi connectivity index (χ1v) is 10.1. The number of carboxylic acid groups (broad SMARTS) is 1. The minimum atomic E-state index is -1.08. The molecule has 4 aromatic rings. The summed E-state index contributed by atoms with van der Waals surface area (Å²) in [5, 5.41) is 16.5. The second-order valence-corrected chi connectivity index (χ2v) is 7.44. The highest BCUT2D eigenvalue weighted by molar-refractivity contribution is 7.07. The Balaban J connectivity index is 1.55. The molecule has 3 heterocycles. The van der Waals surface area contributed by atoms with Gasteiger partial charge in [0.1, 0.15) is 22.9 Å². The lowest BCUT2D eigenvalue weighted by molar-refractivity contribution is 0.0696. The van der Waals surface area contributed by atoms with Gasteiger partial charge in [-0.15, -0.1) is 0 Å². The lowest BCUT2D eigenvalue weighted by atomic mass is 10.1. The van der Waals surface area contributed by atoms with Crippen LogP contribution in [0.4, 0.5) is 5.82 Å². The van der Waals surface area contributed by atoms with Crippen molar-refractivity contribution in [1.29, 1.82) is 0 Å². The highest BCUT2D eigenvalue weighted by atomic mass is 32.1. The number of nitrogens with zero attached hydrogens (tertiary/aromatic N) is 1. The first kappa shape index (κ1) is 19.7. The zero-order valence-electron chi connectivity index (χ0n) is 16.0. The Hall–Kier alpha value is -3.65. The van der Waals surface area contributed by atoms with Crippen molar-refractivity contribution in [1.82, 2.24) is 4.98 Å². The zero-order chi connectivity index (χ0) is 21.1. The predicted molar refractivity (Wildman–Crippen MR) is 114 cm³/mol. The molecule has 30 heavy (non-hydrogen) atoms. The van der Waals surface area contributed by atoms with Gasteiger partial charge < -0.3 is 19.6 Å². The van der Waals surface area contributed by atoms with Crippen LogP contribution in [0, 0.1) is 6.92 Å². The molecule has 1 amide bonds. The predicted octanol–water partition coefficient (Wildman–Crippen LogP) is 4.77. The first-order valence-electron chi connectivity index (χ1n) is 9.18. The number of aromatic nitrogens is 1. The summed E-state index contributed by atoms with van der Waals surface area (Å²) in [6.07, 6.45) is 1.95. The Morgan fingerprint density at radius 1 is 1.20 bits per heavy atom. The number of nitrogens with one attached hydrogen (secondary N) is 1. The summed E-state index contributed by atoms with van der Waals surface area (Å²) < 4.78 is 11.7. The molecule has 0 spiro atoms. The molecule has 0 radical (unpaired) electrons. The van der Waals surface area contributed by atoms with Crippen LogP contribution in [0.15, 0.2) is 57.8 Å². The number of benzene rings is 1. The van der Waals surface area contributed by atoms with Crippen molar-refractivity contribution in [3.05, 3.63) is 75.8 Å². The fourth-order valence-corrected chi connectivity index (χ4v) is 3.68. The molecule has 1 aromatic carbocycles. The molecule has 4 rings (SSSR count). The third-order valence-corrected chi connectivity index (χ3v) is 5.20. The van der Waals surface area contributed by atoms with Gasteiger partial charge >= 0.3 is 5.97 Å². The van der Waals surface area contributed by atoms with E-state index >= 15 is 0 Å². The van der Waals surface area contributed by atoms with Gasteiger partial charge in [0.25, 0.3) is 5.91 Å². The Morgan fingerprint density at radius 3 is 2.77 bits per heavy atom. The molecule has 0 aliphatic rings. The van der Waals surface area contributed by atoms with Crippen molar-refractivity contribution in [2.24, 2.45) is 0 Å². The summed E-state index contributed by atoms with van der Waals surface area (Å²) in [7, 11) is 0. The summed E-state index contributed by atoms with van der Waals surface area (Å²) >= 11 is 1.64. The van der Waals surface area contributed by atoms with Crippen molar-refractivity contribution >= 4 is 40.0 Å². The van der Waals surface area contributed by atoms with Crippen LogP contribution in [0.1, 0.15) is 32.0 Å². The van der Waals surface area contributed by atoms with E-state index in [-0.39, 0.29) is 11.4 Å². The van der Waals surface area contributed by atoms with E-state index in [0.717, 1.165) is 17.6 Å².